The van der Waals surface area contributed by atoms with Gasteiger partial charge in [0.25, 0.3) is 0 Å². The van der Waals surface area contributed by atoms with E-state index in [0.29, 0.717) is 11.6 Å². The zero-order chi connectivity index (χ0) is 12.8. The molecule has 1 amide bonds. The van der Waals surface area contributed by atoms with Crippen LogP contribution in [0.1, 0.15) is 25.3 Å². The van der Waals surface area contributed by atoms with Crippen LogP contribution in [0.2, 0.25) is 0 Å². The Morgan fingerprint density at radius 3 is 2.76 bits per heavy atom. The van der Waals surface area contributed by atoms with Gasteiger partial charge in [-0.1, -0.05) is 13.3 Å². The largest absolute Gasteiger partial charge is 0.383 e. The quantitative estimate of drug-likeness (QED) is 0.749. The van der Waals surface area contributed by atoms with Gasteiger partial charge in [-0.15, -0.1) is 0 Å². The molecule has 0 saturated heterocycles. The van der Waals surface area contributed by atoms with Gasteiger partial charge < -0.3 is 16.4 Å². The third-order valence-electron chi connectivity index (χ3n) is 2.52. The molecular formula is C11H19N5O. The summed E-state index contributed by atoms with van der Waals surface area (Å²) in [5, 5.41) is 0. The molecule has 0 bridgehead atoms. The lowest BCUT2D eigenvalue weighted by atomic mass is 10.2. The van der Waals surface area contributed by atoms with Crippen molar-refractivity contribution in [3.05, 3.63) is 11.9 Å². The Bertz CT molecular complexity index is 393. The third-order valence-corrected chi connectivity index (χ3v) is 2.52. The highest BCUT2D eigenvalue weighted by Gasteiger charge is 2.14. The van der Waals surface area contributed by atoms with Crippen LogP contribution in [-0.2, 0) is 4.79 Å². The van der Waals surface area contributed by atoms with Crippen LogP contribution in [0, 0.1) is 6.92 Å². The summed E-state index contributed by atoms with van der Waals surface area (Å²) in [7, 11) is 0. The van der Waals surface area contributed by atoms with Gasteiger partial charge in [-0.05, 0) is 13.3 Å². The highest BCUT2D eigenvalue weighted by Crippen LogP contribution is 2.20. The topological polar surface area (TPSA) is 98.1 Å². The fraction of sp³-hybridized carbons (Fsp3) is 0.545. The zero-order valence-corrected chi connectivity index (χ0v) is 10.3. The van der Waals surface area contributed by atoms with E-state index in [-0.39, 0.29) is 12.5 Å². The van der Waals surface area contributed by atoms with E-state index in [1.54, 1.807) is 0 Å². The number of hydrogen-bond acceptors (Lipinski definition) is 5. The average Bonchev–Trinajstić information content (AvgIpc) is 2.28. The number of primary amides is 1. The minimum Gasteiger partial charge on any atom is -0.383 e. The molecule has 4 N–H and O–H groups in total. The molecule has 0 aliphatic heterocycles. The van der Waals surface area contributed by atoms with Crippen LogP contribution in [0.15, 0.2) is 6.33 Å². The second-order valence-corrected chi connectivity index (χ2v) is 3.95. The van der Waals surface area contributed by atoms with Gasteiger partial charge in [0.15, 0.2) is 0 Å². The average molecular weight is 237 g/mol. The molecule has 0 atom stereocenters. The molecule has 1 aromatic heterocycles. The van der Waals surface area contributed by atoms with Gasteiger partial charge >= 0.3 is 0 Å². The maximum Gasteiger partial charge on any atom is 0.236 e. The maximum absolute atomic E-state index is 11.0. The fourth-order valence-electron chi connectivity index (χ4n) is 1.57. The van der Waals surface area contributed by atoms with Crippen molar-refractivity contribution in [1.29, 1.82) is 0 Å². The molecule has 6 heteroatoms. The van der Waals surface area contributed by atoms with Crippen LogP contribution in [-0.4, -0.2) is 29.0 Å². The molecule has 17 heavy (non-hydrogen) atoms. The van der Waals surface area contributed by atoms with Crippen LogP contribution >= 0.6 is 0 Å². The number of amides is 1. The van der Waals surface area contributed by atoms with E-state index >= 15 is 0 Å². The van der Waals surface area contributed by atoms with E-state index in [1.807, 2.05) is 11.8 Å². The van der Waals surface area contributed by atoms with E-state index in [0.717, 1.165) is 24.9 Å². The van der Waals surface area contributed by atoms with Crippen molar-refractivity contribution in [2.45, 2.75) is 26.7 Å². The number of carbonyl (C=O) groups excluding carboxylic acids is 1. The lowest BCUT2D eigenvalue weighted by Gasteiger charge is -2.23. The second kappa shape index (κ2) is 6.03. The Kier molecular flexibility index (Phi) is 4.68. The molecule has 0 radical (unpaired) electrons. The van der Waals surface area contributed by atoms with Crippen LogP contribution in [0.3, 0.4) is 0 Å². The predicted molar refractivity (Wildman–Crippen MR) is 67.5 cm³/mol. The first kappa shape index (κ1) is 13.2. The van der Waals surface area contributed by atoms with Gasteiger partial charge in [-0.2, -0.15) is 0 Å². The SMILES string of the molecule is CCCCN(CC(N)=O)c1ncnc(N)c1C. The summed E-state index contributed by atoms with van der Waals surface area (Å²) in [5.41, 5.74) is 11.7. The second-order valence-electron chi connectivity index (χ2n) is 3.95. The molecule has 1 rings (SSSR count). The highest BCUT2D eigenvalue weighted by molar-refractivity contribution is 5.79. The van der Waals surface area contributed by atoms with Crippen molar-refractivity contribution < 1.29 is 4.79 Å². The van der Waals surface area contributed by atoms with Gasteiger partial charge in [0.1, 0.15) is 18.0 Å². The van der Waals surface area contributed by atoms with Crippen molar-refractivity contribution in [1.82, 2.24) is 9.97 Å². The lowest BCUT2D eigenvalue weighted by Crippen LogP contribution is -2.35. The van der Waals surface area contributed by atoms with E-state index in [4.69, 9.17) is 11.5 Å². The number of nitrogens with zero attached hydrogens (tertiary/aromatic N) is 3. The van der Waals surface area contributed by atoms with Crippen molar-refractivity contribution in [3.63, 3.8) is 0 Å². The van der Waals surface area contributed by atoms with Crippen molar-refractivity contribution >= 4 is 17.5 Å². The molecule has 1 aromatic rings. The van der Waals surface area contributed by atoms with Gasteiger partial charge in [0, 0.05) is 12.1 Å². The molecule has 0 aliphatic carbocycles. The van der Waals surface area contributed by atoms with Gasteiger partial charge in [-0.3, -0.25) is 4.79 Å². The van der Waals surface area contributed by atoms with Crippen LogP contribution < -0.4 is 16.4 Å². The van der Waals surface area contributed by atoms with Gasteiger partial charge in [0.2, 0.25) is 5.91 Å². The van der Waals surface area contributed by atoms with Crippen molar-refractivity contribution in [3.8, 4) is 0 Å². The van der Waals surface area contributed by atoms with Crippen molar-refractivity contribution in [2.75, 3.05) is 23.7 Å². The van der Waals surface area contributed by atoms with E-state index < -0.39 is 0 Å². The molecule has 0 fully saturated rings. The standard InChI is InChI=1S/C11H19N5O/c1-3-4-5-16(6-9(12)17)11-8(2)10(13)14-7-15-11/h7H,3-6H2,1-2H3,(H2,12,17)(H2,13,14,15). The molecule has 0 saturated carbocycles. The summed E-state index contributed by atoms with van der Waals surface area (Å²) in [6.07, 6.45) is 3.41. The number of anilines is 2. The van der Waals surface area contributed by atoms with E-state index in [9.17, 15) is 4.79 Å². The minimum atomic E-state index is -0.377. The van der Waals surface area contributed by atoms with Gasteiger partial charge in [-0.25, -0.2) is 9.97 Å². The minimum absolute atomic E-state index is 0.150. The summed E-state index contributed by atoms with van der Waals surface area (Å²) in [6.45, 7) is 4.81. The first-order valence-corrected chi connectivity index (χ1v) is 5.66. The number of unbranched alkanes of at least 4 members (excludes halogenated alkanes) is 1. The molecule has 0 aromatic carbocycles. The monoisotopic (exact) mass is 237 g/mol. The Hall–Kier alpha value is -1.85. The van der Waals surface area contributed by atoms with Crippen LogP contribution in [0.5, 0.6) is 0 Å². The Morgan fingerprint density at radius 1 is 1.47 bits per heavy atom. The van der Waals surface area contributed by atoms with Crippen LogP contribution in [0.25, 0.3) is 0 Å². The maximum atomic E-state index is 11.0. The number of aromatic nitrogens is 2. The van der Waals surface area contributed by atoms with Crippen LogP contribution in [0.4, 0.5) is 11.6 Å². The Balaban J connectivity index is 2.94. The summed E-state index contributed by atoms with van der Waals surface area (Å²) < 4.78 is 0. The molecular weight excluding hydrogens is 218 g/mol. The Labute approximate surface area is 101 Å². The lowest BCUT2D eigenvalue weighted by molar-refractivity contribution is -0.116. The molecule has 0 aliphatic rings. The van der Waals surface area contributed by atoms with Gasteiger partial charge in [0.05, 0.1) is 6.54 Å². The summed E-state index contributed by atoms with van der Waals surface area (Å²) in [6, 6.07) is 0. The number of nitrogens with two attached hydrogens (primary N) is 2. The zero-order valence-electron chi connectivity index (χ0n) is 10.3. The summed E-state index contributed by atoms with van der Waals surface area (Å²) >= 11 is 0. The first-order chi connectivity index (χ1) is 8.06. The summed E-state index contributed by atoms with van der Waals surface area (Å²) in [4.78, 5) is 21.0. The van der Waals surface area contributed by atoms with E-state index in [2.05, 4.69) is 16.9 Å². The fourth-order valence-corrected chi connectivity index (χ4v) is 1.57. The van der Waals surface area contributed by atoms with E-state index in [1.165, 1.54) is 6.33 Å². The smallest absolute Gasteiger partial charge is 0.236 e. The number of rotatable bonds is 6. The van der Waals surface area contributed by atoms with Crippen molar-refractivity contribution in [2.24, 2.45) is 5.73 Å². The first-order valence-electron chi connectivity index (χ1n) is 5.66. The number of carbonyl (C=O) groups is 1. The molecule has 0 unspecified atom stereocenters. The Morgan fingerprint density at radius 2 is 2.18 bits per heavy atom. The number of hydrogen-bond donors (Lipinski definition) is 2. The normalized spacial score (nSPS) is 10.2. The number of nitrogen functional groups attached to an aromatic ring is 1. The molecule has 0 spiro atoms. The molecule has 1 heterocycles. The highest BCUT2D eigenvalue weighted by atomic mass is 16.1. The predicted octanol–water partition coefficient (Wildman–Crippen LogP) is 0.459. The summed E-state index contributed by atoms with van der Waals surface area (Å²) in [5.74, 6) is 0.739. The molecule has 94 valence electrons. The molecule has 6 nitrogen and oxygen atoms in total. The third kappa shape index (κ3) is 3.58.